The second kappa shape index (κ2) is 6.54. The van der Waals surface area contributed by atoms with Crippen LogP contribution in [-0.4, -0.2) is 28.2 Å². The summed E-state index contributed by atoms with van der Waals surface area (Å²) in [5, 5.41) is 0. The molecule has 0 atom stereocenters. The lowest BCUT2D eigenvalue weighted by atomic mass is 10.1. The van der Waals surface area contributed by atoms with Crippen molar-refractivity contribution in [2.45, 2.75) is 51.2 Å². The Bertz CT molecular complexity index is 381. The van der Waals surface area contributed by atoms with Crippen LogP contribution in [-0.2, 0) is 11.3 Å². The lowest BCUT2D eigenvalue weighted by molar-refractivity contribution is 0.0261. The third-order valence-corrected chi connectivity index (χ3v) is 3.31. The Balaban J connectivity index is 1.89. The Hall–Kier alpha value is -1.36. The van der Waals surface area contributed by atoms with E-state index in [0.717, 1.165) is 25.7 Å². The summed E-state index contributed by atoms with van der Waals surface area (Å²) in [6, 6.07) is 0. The van der Waals surface area contributed by atoms with Gasteiger partial charge in [-0.2, -0.15) is 0 Å². The van der Waals surface area contributed by atoms with Crippen molar-refractivity contribution in [3.8, 4) is 0 Å². The van der Waals surface area contributed by atoms with Crippen LogP contribution in [0.5, 0.6) is 0 Å². The summed E-state index contributed by atoms with van der Waals surface area (Å²) in [7, 11) is 0. The van der Waals surface area contributed by atoms with Gasteiger partial charge >= 0.3 is 5.97 Å². The predicted molar refractivity (Wildman–Crippen MR) is 68.2 cm³/mol. The first-order chi connectivity index (χ1) is 8.79. The van der Waals surface area contributed by atoms with Crippen molar-refractivity contribution in [2.24, 2.45) is 5.73 Å². The van der Waals surface area contributed by atoms with E-state index in [-0.39, 0.29) is 12.1 Å². The SMILES string of the molecule is NCCn1cnc(C(=O)OC2CCCCCC2)c1. The van der Waals surface area contributed by atoms with E-state index in [4.69, 9.17) is 10.5 Å². The van der Waals surface area contributed by atoms with Gasteiger partial charge in [0.25, 0.3) is 0 Å². The molecule has 1 aromatic rings. The molecule has 0 aromatic carbocycles. The van der Waals surface area contributed by atoms with E-state index >= 15 is 0 Å². The Labute approximate surface area is 107 Å². The van der Waals surface area contributed by atoms with Gasteiger partial charge in [0.15, 0.2) is 5.69 Å². The van der Waals surface area contributed by atoms with Crippen molar-refractivity contribution in [1.82, 2.24) is 9.55 Å². The highest BCUT2D eigenvalue weighted by Gasteiger charge is 2.19. The minimum absolute atomic E-state index is 0.0691. The highest BCUT2D eigenvalue weighted by Crippen LogP contribution is 2.20. The maximum Gasteiger partial charge on any atom is 0.358 e. The van der Waals surface area contributed by atoms with E-state index in [9.17, 15) is 4.79 Å². The fourth-order valence-corrected chi connectivity index (χ4v) is 2.31. The molecule has 1 heterocycles. The second-order valence-electron chi connectivity index (χ2n) is 4.80. The van der Waals surface area contributed by atoms with Gasteiger partial charge in [-0.25, -0.2) is 9.78 Å². The molecule has 0 saturated heterocycles. The standard InChI is InChI=1S/C13H21N3O2/c14-7-8-16-9-12(15-10-16)13(17)18-11-5-3-1-2-4-6-11/h9-11H,1-8,14H2. The van der Waals surface area contributed by atoms with E-state index in [2.05, 4.69) is 4.98 Å². The van der Waals surface area contributed by atoms with Crippen molar-refractivity contribution in [3.63, 3.8) is 0 Å². The van der Waals surface area contributed by atoms with Crippen molar-refractivity contribution in [3.05, 3.63) is 18.2 Å². The van der Waals surface area contributed by atoms with Gasteiger partial charge in [0, 0.05) is 19.3 Å². The number of carbonyl (C=O) groups is 1. The average molecular weight is 251 g/mol. The van der Waals surface area contributed by atoms with E-state index < -0.39 is 0 Å². The molecular formula is C13H21N3O2. The van der Waals surface area contributed by atoms with E-state index in [1.54, 1.807) is 12.5 Å². The molecule has 5 nitrogen and oxygen atoms in total. The summed E-state index contributed by atoms with van der Waals surface area (Å²) in [5.41, 5.74) is 5.83. The van der Waals surface area contributed by atoms with Crippen molar-refractivity contribution in [1.29, 1.82) is 0 Å². The topological polar surface area (TPSA) is 70.1 Å². The molecular weight excluding hydrogens is 230 g/mol. The highest BCUT2D eigenvalue weighted by molar-refractivity contribution is 5.87. The van der Waals surface area contributed by atoms with Gasteiger partial charge in [-0.05, 0) is 25.7 Å². The zero-order valence-electron chi connectivity index (χ0n) is 10.7. The molecule has 5 heteroatoms. The third-order valence-electron chi connectivity index (χ3n) is 3.31. The number of carbonyl (C=O) groups excluding carboxylic acids is 1. The fourth-order valence-electron chi connectivity index (χ4n) is 2.31. The molecule has 0 unspecified atom stereocenters. The first kappa shape index (κ1) is 13.1. The van der Waals surface area contributed by atoms with Gasteiger partial charge < -0.3 is 15.0 Å². The van der Waals surface area contributed by atoms with Crippen LogP contribution in [0.4, 0.5) is 0 Å². The number of imidazole rings is 1. The molecule has 2 rings (SSSR count). The minimum Gasteiger partial charge on any atom is -0.458 e. The number of nitrogens with two attached hydrogens (primary N) is 1. The number of hydrogen-bond donors (Lipinski definition) is 1. The summed E-state index contributed by atoms with van der Waals surface area (Å²) in [5.74, 6) is -0.308. The molecule has 1 aliphatic carbocycles. The summed E-state index contributed by atoms with van der Waals surface area (Å²) in [4.78, 5) is 16.0. The van der Waals surface area contributed by atoms with Gasteiger partial charge in [0.05, 0.1) is 6.33 Å². The lowest BCUT2D eigenvalue weighted by Crippen LogP contribution is -2.17. The molecule has 0 radical (unpaired) electrons. The molecule has 100 valence electrons. The van der Waals surface area contributed by atoms with Crippen LogP contribution in [0.15, 0.2) is 12.5 Å². The van der Waals surface area contributed by atoms with Crippen LogP contribution in [0.2, 0.25) is 0 Å². The van der Waals surface area contributed by atoms with Crippen LogP contribution in [0.3, 0.4) is 0 Å². The number of hydrogen-bond acceptors (Lipinski definition) is 4. The molecule has 1 saturated carbocycles. The molecule has 0 amide bonds. The fraction of sp³-hybridized carbons (Fsp3) is 0.692. The third kappa shape index (κ3) is 3.57. The quantitative estimate of drug-likeness (QED) is 0.653. The van der Waals surface area contributed by atoms with Crippen LogP contribution >= 0.6 is 0 Å². The molecule has 1 aliphatic rings. The predicted octanol–water partition coefficient (Wildman–Crippen LogP) is 1.72. The molecule has 0 spiro atoms. The van der Waals surface area contributed by atoms with Gasteiger partial charge in [0.1, 0.15) is 6.10 Å². The molecule has 2 N–H and O–H groups in total. The normalized spacial score (nSPS) is 17.4. The van der Waals surface area contributed by atoms with Crippen molar-refractivity contribution in [2.75, 3.05) is 6.54 Å². The number of nitrogens with zero attached hydrogens (tertiary/aromatic N) is 2. The van der Waals surface area contributed by atoms with Gasteiger partial charge in [-0.3, -0.25) is 0 Å². The summed E-state index contributed by atoms with van der Waals surface area (Å²) < 4.78 is 7.31. The van der Waals surface area contributed by atoms with E-state index in [0.29, 0.717) is 18.8 Å². The van der Waals surface area contributed by atoms with Crippen molar-refractivity contribution < 1.29 is 9.53 Å². The van der Waals surface area contributed by atoms with E-state index in [1.165, 1.54) is 12.8 Å². The van der Waals surface area contributed by atoms with Gasteiger partial charge in [0.2, 0.25) is 0 Å². The van der Waals surface area contributed by atoms with Crippen LogP contribution in [0.25, 0.3) is 0 Å². The van der Waals surface area contributed by atoms with E-state index in [1.807, 2.05) is 4.57 Å². The maximum atomic E-state index is 11.9. The zero-order chi connectivity index (χ0) is 12.8. The summed E-state index contributed by atoms with van der Waals surface area (Å²) >= 11 is 0. The Morgan fingerprint density at radius 3 is 2.78 bits per heavy atom. The Morgan fingerprint density at radius 1 is 1.39 bits per heavy atom. The van der Waals surface area contributed by atoms with Crippen LogP contribution in [0, 0.1) is 0 Å². The maximum absolute atomic E-state index is 11.9. The number of esters is 1. The first-order valence-electron chi connectivity index (χ1n) is 6.72. The van der Waals surface area contributed by atoms with Gasteiger partial charge in [-0.1, -0.05) is 12.8 Å². The number of ether oxygens (including phenoxy) is 1. The molecule has 1 aromatic heterocycles. The number of aromatic nitrogens is 2. The minimum atomic E-state index is -0.308. The summed E-state index contributed by atoms with van der Waals surface area (Å²) in [6.07, 6.45) is 10.2. The second-order valence-corrected chi connectivity index (χ2v) is 4.80. The van der Waals surface area contributed by atoms with Crippen LogP contribution < -0.4 is 5.73 Å². The largest absolute Gasteiger partial charge is 0.458 e. The van der Waals surface area contributed by atoms with Gasteiger partial charge in [-0.15, -0.1) is 0 Å². The molecule has 0 aliphatic heterocycles. The Kier molecular flexibility index (Phi) is 4.75. The zero-order valence-corrected chi connectivity index (χ0v) is 10.7. The summed E-state index contributed by atoms with van der Waals surface area (Å²) in [6.45, 7) is 1.21. The highest BCUT2D eigenvalue weighted by atomic mass is 16.5. The smallest absolute Gasteiger partial charge is 0.358 e. The molecule has 18 heavy (non-hydrogen) atoms. The molecule has 1 fully saturated rings. The molecule has 0 bridgehead atoms. The average Bonchev–Trinajstić information content (AvgIpc) is 2.67. The van der Waals surface area contributed by atoms with Crippen molar-refractivity contribution >= 4 is 5.97 Å². The van der Waals surface area contributed by atoms with Crippen LogP contribution in [0.1, 0.15) is 49.0 Å². The first-order valence-corrected chi connectivity index (χ1v) is 6.72. The number of rotatable bonds is 4. The lowest BCUT2D eigenvalue weighted by Gasteiger charge is -2.14. The monoisotopic (exact) mass is 251 g/mol. The Morgan fingerprint density at radius 2 is 2.11 bits per heavy atom.